The third kappa shape index (κ3) is 3.65. The molecule has 3 rings (SSSR count). The number of ether oxygens (including phenoxy) is 1. The normalized spacial score (nSPS) is 15.3. The van der Waals surface area contributed by atoms with Gasteiger partial charge in [-0.2, -0.15) is 0 Å². The van der Waals surface area contributed by atoms with E-state index in [1.807, 2.05) is 12.1 Å². The summed E-state index contributed by atoms with van der Waals surface area (Å²) >= 11 is 1.21. The lowest BCUT2D eigenvalue weighted by Gasteiger charge is -2.22. The molecule has 6 heteroatoms. The zero-order chi connectivity index (χ0) is 17.0. The van der Waals surface area contributed by atoms with E-state index in [4.69, 9.17) is 4.74 Å². The van der Waals surface area contributed by atoms with E-state index in [0.29, 0.717) is 9.90 Å². The van der Waals surface area contributed by atoms with Gasteiger partial charge in [0, 0.05) is 0 Å². The largest absolute Gasteiger partial charge is 0.490 e. The minimum atomic E-state index is -3.57. The molecule has 0 radical (unpaired) electrons. The maximum Gasteiger partial charge on any atom is 0.274 e. The first-order chi connectivity index (χ1) is 11.6. The smallest absolute Gasteiger partial charge is 0.274 e. The molecule has 0 saturated heterocycles. The van der Waals surface area contributed by atoms with Crippen LogP contribution in [0.15, 0.2) is 58.6 Å². The van der Waals surface area contributed by atoms with Crippen LogP contribution in [0.2, 0.25) is 0 Å². The Balaban J connectivity index is 1.82. The van der Waals surface area contributed by atoms with Crippen LogP contribution in [0.4, 0.5) is 5.69 Å². The summed E-state index contributed by atoms with van der Waals surface area (Å²) < 4.78 is 33.2. The molecule has 0 amide bonds. The minimum Gasteiger partial charge on any atom is -0.490 e. The molecule has 0 spiro atoms. The Morgan fingerprint density at radius 1 is 1.21 bits per heavy atom. The van der Waals surface area contributed by atoms with Gasteiger partial charge in [0.05, 0.1) is 18.3 Å². The van der Waals surface area contributed by atoms with Crippen LogP contribution in [0.25, 0.3) is 0 Å². The van der Waals surface area contributed by atoms with Gasteiger partial charge in [0.25, 0.3) is 10.0 Å². The summed E-state index contributed by atoms with van der Waals surface area (Å²) in [5.41, 5.74) is 0.613. The fraction of sp³-hybridized carbons (Fsp3) is 0.333. The minimum absolute atomic E-state index is 0.225. The Bertz CT molecular complexity index is 761. The number of hydrogen-bond acceptors (Lipinski definition) is 4. The van der Waals surface area contributed by atoms with E-state index in [2.05, 4.69) is 6.58 Å². The van der Waals surface area contributed by atoms with Crippen molar-refractivity contribution in [3.8, 4) is 5.75 Å². The highest BCUT2D eigenvalue weighted by Gasteiger charge is 2.25. The van der Waals surface area contributed by atoms with E-state index in [1.54, 1.807) is 35.7 Å². The molecule has 2 aromatic rings. The lowest BCUT2D eigenvalue weighted by atomic mass is 10.2. The molecule has 0 N–H and O–H groups in total. The molecule has 0 aliphatic heterocycles. The van der Waals surface area contributed by atoms with Crippen molar-refractivity contribution < 1.29 is 13.2 Å². The molecule has 1 aromatic heterocycles. The summed E-state index contributed by atoms with van der Waals surface area (Å²) in [6.07, 6.45) is 6.50. The topological polar surface area (TPSA) is 46.6 Å². The van der Waals surface area contributed by atoms with Gasteiger partial charge in [-0.15, -0.1) is 17.9 Å². The molecule has 128 valence electrons. The average molecular weight is 364 g/mol. The van der Waals surface area contributed by atoms with Crippen LogP contribution >= 0.6 is 11.3 Å². The van der Waals surface area contributed by atoms with Crippen LogP contribution in [-0.4, -0.2) is 21.1 Å². The molecule has 1 aliphatic carbocycles. The Hall–Kier alpha value is -1.79. The Kier molecular flexibility index (Phi) is 5.26. The Morgan fingerprint density at radius 2 is 1.92 bits per heavy atom. The lowest BCUT2D eigenvalue weighted by Crippen LogP contribution is -2.30. The Morgan fingerprint density at radius 3 is 2.50 bits per heavy atom. The van der Waals surface area contributed by atoms with Crippen molar-refractivity contribution in [2.75, 3.05) is 10.8 Å². The van der Waals surface area contributed by atoms with Gasteiger partial charge in [0.2, 0.25) is 0 Å². The van der Waals surface area contributed by atoms with E-state index in [-0.39, 0.29) is 12.6 Å². The van der Waals surface area contributed by atoms with E-state index >= 15 is 0 Å². The third-order valence-corrected chi connectivity index (χ3v) is 7.23. The molecule has 1 aromatic carbocycles. The van der Waals surface area contributed by atoms with Crippen molar-refractivity contribution >= 4 is 27.0 Å². The highest BCUT2D eigenvalue weighted by atomic mass is 32.2. The van der Waals surface area contributed by atoms with Crippen LogP contribution < -0.4 is 9.04 Å². The zero-order valence-corrected chi connectivity index (χ0v) is 15.1. The molecule has 0 bridgehead atoms. The van der Waals surface area contributed by atoms with Crippen molar-refractivity contribution in [3.05, 3.63) is 54.4 Å². The standard InChI is InChI=1S/C18H21NO3S2/c1-2-13-19(24(20,21)18-8-5-14-23-18)15-9-11-17(12-10-15)22-16-6-3-4-7-16/h2,5,8-12,14,16H,1,3-4,6-7,13H2. The number of thiophene rings is 1. The van der Waals surface area contributed by atoms with Crippen LogP contribution in [-0.2, 0) is 10.0 Å². The summed E-state index contributed by atoms with van der Waals surface area (Å²) in [6, 6.07) is 10.6. The molecule has 1 fully saturated rings. The second-order valence-electron chi connectivity index (χ2n) is 5.78. The van der Waals surface area contributed by atoms with Gasteiger partial charge in [-0.05, 0) is 61.4 Å². The first kappa shape index (κ1) is 17.0. The van der Waals surface area contributed by atoms with Gasteiger partial charge in [-0.25, -0.2) is 8.42 Å². The molecule has 24 heavy (non-hydrogen) atoms. The summed E-state index contributed by atoms with van der Waals surface area (Å²) in [7, 11) is -3.57. The number of rotatable bonds is 7. The van der Waals surface area contributed by atoms with E-state index in [9.17, 15) is 8.42 Å². The third-order valence-electron chi connectivity index (χ3n) is 4.06. The molecular formula is C18H21NO3S2. The highest BCUT2D eigenvalue weighted by molar-refractivity contribution is 7.94. The van der Waals surface area contributed by atoms with Crippen molar-refractivity contribution in [3.63, 3.8) is 0 Å². The second kappa shape index (κ2) is 7.40. The molecule has 1 aliphatic rings. The van der Waals surface area contributed by atoms with E-state index in [1.165, 1.54) is 28.5 Å². The number of nitrogens with zero attached hydrogens (tertiary/aromatic N) is 1. The van der Waals surface area contributed by atoms with Crippen LogP contribution in [0, 0.1) is 0 Å². The van der Waals surface area contributed by atoms with Crippen molar-refractivity contribution in [2.45, 2.75) is 36.0 Å². The number of benzene rings is 1. The fourth-order valence-electron chi connectivity index (χ4n) is 2.87. The van der Waals surface area contributed by atoms with Gasteiger partial charge >= 0.3 is 0 Å². The van der Waals surface area contributed by atoms with Gasteiger partial charge in [0.1, 0.15) is 9.96 Å². The van der Waals surface area contributed by atoms with Crippen LogP contribution in [0.5, 0.6) is 5.75 Å². The van der Waals surface area contributed by atoms with Crippen molar-refractivity contribution in [2.24, 2.45) is 0 Å². The number of anilines is 1. The fourth-order valence-corrected chi connectivity index (χ4v) is 5.41. The summed E-state index contributed by atoms with van der Waals surface area (Å²) in [5, 5.41) is 1.76. The molecule has 0 atom stereocenters. The molecule has 0 unspecified atom stereocenters. The number of sulfonamides is 1. The van der Waals surface area contributed by atoms with Gasteiger partial charge in [-0.1, -0.05) is 12.1 Å². The van der Waals surface area contributed by atoms with Crippen LogP contribution in [0.3, 0.4) is 0 Å². The summed E-state index contributed by atoms with van der Waals surface area (Å²) in [6.45, 7) is 3.90. The van der Waals surface area contributed by atoms with Gasteiger partial charge < -0.3 is 4.74 Å². The molecule has 1 heterocycles. The highest BCUT2D eigenvalue weighted by Crippen LogP contribution is 2.29. The van der Waals surface area contributed by atoms with Crippen LogP contribution in [0.1, 0.15) is 25.7 Å². The van der Waals surface area contributed by atoms with E-state index < -0.39 is 10.0 Å². The van der Waals surface area contributed by atoms with Gasteiger partial charge in [0.15, 0.2) is 0 Å². The molecule has 4 nitrogen and oxygen atoms in total. The first-order valence-electron chi connectivity index (χ1n) is 8.05. The predicted molar refractivity (Wildman–Crippen MR) is 98.4 cm³/mol. The van der Waals surface area contributed by atoms with Crippen molar-refractivity contribution in [1.29, 1.82) is 0 Å². The predicted octanol–water partition coefficient (Wildman–Crippen LogP) is 4.45. The van der Waals surface area contributed by atoms with E-state index in [0.717, 1.165) is 18.6 Å². The van der Waals surface area contributed by atoms with Gasteiger partial charge in [-0.3, -0.25) is 4.31 Å². The molecule has 1 saturated carbocycles. The SMILES string of the molecule is C=CCN(c1ccc(OC2CCCC2)cc1)S(=O)(=O)c1cccs1. The second-order valence-corrected chi connectivity index (χ2v) is 8.81. The quantitative estimate of drug-likeness (QED) is 0.683. The monoisotopic (exact) mass is 363 g/mol. The maximum atomic E-state index is 12.8. The number of hydrogen-bond donors (Lipinski definition) is 0. The average Bonchev–Trinajstić information content (AvgIpc) is 3.27. The maximum absolute atomic E-state index is 12.8. The first-order valence-corrected chi connectivity index (χ1v) is 10.4. The summed E-state index contributed by atoms with van der Waals surface area (Å²) in [4.78, 5) is 0. The molecular weight excluding hydrogens is 342 g/mol. The summed E-state index contributed by atoms with van der Waals surface area (Å²) in [5.74, 6) is 0.790. The lowest BCUT2D eigenvalue weighted by molar-refractivity contribution is 0.210. The van der Waals surface area contributed by atoms with Crippen molar-refractivity contribution in [1.82, 2.24) is 0 Å². The Labute approximate surface area is 147 Å². The zero-order valence-electron chi connectivity index (χ0n) is 13.4.